The number of methoxy groups -OCH3 is 1. The maximum atomic E-state index is 15.4. The van der Waals surface area contributed by atoms with Gasteiger partial charge in [-0.3, -0.25) is 24.1 Å². The van der Waals surface area contributed by atoms with E-state index < -0.39 is 12.4 Å². The number of fused-ring (bicyclic) bond motifs is 1. The van der Waals surface area contributed by atoms with Gasteiger partial charge in [0, 0.05) is 31.5 Å². The number of aromatic nitrogens is 2. The third-order valence-corrected chi connectivity index (χ3v) is 6.15. The first kappa shape index (κ1) is 26.8. The Labute approximate surface area is 209 Å². The molecule has 36 heavy (non-hydrogen) atoms. The Morgan fingerprint density at radius 3 is 2.56 bits per heavy atom. The summed E-state index contributed by atoms with van der Waals surface area (Å²) < 4.78 is 22.3. The average Bonchev–Trinajstić information content (AvgIpc) is 2.85. The number of ether oxygens (including phenoxy) is 1. The molecular formula is C26H32FN5O4. The molecule has 0 bridgehead atoms. The Kier molecular flexibility index (Phi) is 8.09. The second-order valence-corrected chi connectivity index (χ2v) is 8.78. The number of pyridine rings is 2. The SMILES string of the molecule is CCN(C=O)/C(CO)=N\N(C)c1cc2c(C(C)C)cn(-c3c(C)cnc(OC)c3C)c(=O)c2cc1F. The maximum absolute atomic E-state index is 15.4. The van der Waals surface area contributed by atoms with E-state index in [0.717, 1.165) is 11.1 Å². The number of aliphatic hydroxyl groups excluding tert-OH is 1. The largest absolute Gasteiger partial charge is 0.481 e. The van der Waals surface area contributed by atoms with Crippen molar-refractivity contribution >= 4 is 28.7 Å². The van der Waals surface area contributed by atoms with Gasteiger partial charge in [-0.05, 0) is 55.3 Å². The Bertz CT molecular complexity index is 1380. The molecule has 1 N–H and O–H groups in total. The summed E-state index contributed by atoms with van der Waals surface area (Å²) >= 11 is 0. The Hall–Kier alpha value is -3.79. The lowest BCUT2D eigenvalue weighted by Gasteiger charge is -2.22. The van der Waals surface area contributed by atoms with Crippen LogP contribution in [0.4, 0.5) is 10.1 Å². The lowest BCUT2D eigenvalue weighted by Crippen LogP contribution is -2.34. The van der Waals surface area contributed by atoms with Crippen molar-refractivity contribution in [1.29, 1.82) is 0 Å². The van der Waals surface area contributed by atoms with Crippen LogP contribution in [0.3, 0.4) is 0 Å². The summed E-state index contributed by atoms with van der Waals surface area (Å²) in [4.78, 5) is 30.4. The zero-order valence-electron chi connectivity index (χ0n) is 21.7. The van der Waals surface area contributed by atoms with Gasteiger partial charge in [0.05, 0.1) is 23.9 Å². The number of carbonyl (C=O) groups is 1. The number of hydrazone groups is 1. The molecule has 0 saturated carbocycles. The fourth-order valence-corrected chi connectivity index (χ4v) is 4.26. The minimum atomic E-state index is -0.662. The standard InChI is InChI=1S/C26H32FN5O4/c1-8-31(14-34)23(13-33)29-30(6)22-10-18-19(9-21(22)27)26(35)32(12-20(18)15(2)3)24-16(4)11-28-25(36-7)17(24)5/h9-12,14-15,33H,8,13H2,1-7H3/b29-23-. The minimum absolute atomic E-state index is 0.00876. The van der Waals surface area contributed by atoms with E-state index in [9.17, 15) is 14.7 Å². The predicted octanol–water partition coefficient (Wildman–Crippen LogP) is 3.49. The van der Waals surface area contributed by atoms with Gasteiger partial charge in [-0.25, -0.2) is 9.37 Å². The van der Waals surface area contributed by atoms with Gasteiger partial charge in [-0.1, -0.05) is 13.8 Å². The molecule has 3 aromatic rings. The highest BCUT2D eigenvalue weighted by atomic mass is 19.1. The number of hydrogen-bond acceptors (Lipinski definition) is 7. The second-order valence-electron chi connectivity index (χ2n) is 8.78. The van der Waals surface area contributed by atoms with Crippen molar-refractivity contribution in [3.63, 3.8) is 0 Å². The molecule has 0 saturated heterocycles. The maximum Gasteiger partial charge on any atom is 0.263 e. The molecule has 0 aliphatic rings. The molecule has 0 atom stereocenters. The van der Waals surface area contributed by atoms with Crippen molar-refractivity contribution in [1.82, 2.24) is 14.5 Å². The number of carbonyl (C=O) groups excluding carboxylic acids is 1. The summed E-state index contributed by atoms with van der Waals surface area (Å²) in [5, 5.41) is 16.0. The molecule has 9 nitrogen and oxygen atoms in total. The number of hydrogen-bond donors (Lipinski definition) is 1. The quantitative estimate of drug-likeness (QED) is 0.221. The van der Waals surface area contributed by atoms with E-state index in [1.54, 1.807) is 25.4 Å². The van der Waals surface area contributed by atoms with E-state index in [2.05, 4.69) is 10.1 Å². The lowest BCUT2D eigenvalue weighted by atomic mass is 9.97. The van der Waals surface area contributed by atoms with Crippen LogP contribution in [0, 0.1) is 19.7 Å². The van der Waals surface area contributed by atoms with Crippen LogP contribution < -0.4 is 15.3 Å². The van der Waals surface area contributed by atoms with Gasteiger partial charge in [-0.15, -0.1) is 0 Å². The molecule has 1 amide bonds. The number of rotatable bonds is 8. The van der Waals surface area contributed by atoms with Crippen LogP contribution in [0.1, 0.15) is 43.4 Å². The molecule has 3 rings (SSSR count). The average molecular weight is 498 g/mol. The van der Waals surface area contributed by atoms with E-state index in [1.165, 1.54) is 34.7 Å². The van der Waals surface area contributed by atoms with Crippen molar-refractivity contribution in [3.05, 3.63) is 57.4 Å². The Morgan fingerprint density at radius 2 is 2.00 bits per heavy atom. The van der Waals surface area contributed by atoms with E-state index in [0.29, 0.717) is 35.5 Å². The fourth-order valence-electron chi connectivity index (χ4n) is 4.26. The van der Waals surface area contributed by atoms with Gasteiger partial charge in [-0.2, -0.15) is 5.10 Å². The lowest BCUT2D eigenvalue weighted by molar-refractivity contribution is -0.114. The molecular weight excluding hydrogens is 465 g/mol. The van der Waals surface area contributed by atoms with Gasteiger partial charge in [0.1, 0.15) is 12.4 Å². The molecule has 0 aliphatic carbocycles. The van der Waals surface area contributed by atoms with Gasteiger partial charge in [0.25, 0.3) is 5.56 Å². The predicted molar refractivity (Wildman–Crippen MR) is 139 cm³/mol. The zero-order chi connectivity index (χ0) is 26.7. The minimum Gasteiger partial charge on any atom is -0.481 e. The number of benzene rings is 1. The first-order chi connectivity index (χ1) is 17.1. The number of halogens is 1. The third-order valence-electron chi connectivity index (χ3n) is 6.15. The second kappa shape index (κ2) is 10.9. The number of aryl methyl sites for hydroxylation is 1. The molecule has 0 radical (unpaired) electrons. The number of anilines is 1. The van der Waals surface area contributed by atoms with Crippen LogP contribution in [-0.4, -0.2) is 59.1 Å². The van der Waals surface area contributed by atoms with Crippen LogP contribution in [0.15, 0.2) is 34.4 Å². The molecule has 192 valence electrons. The number of aliphatic hydroxyl groups is 1. The highest BCUT2D eigenvalue weighted by Gasteiger charge is 2.21. The number of nitrogens with zero attached hydrogens (tertiary/aromatic N) is 5. The molecule has 2 heterocycles. The highest BCUT2D eigenvalue weighted by molar-refractivity contribution is 5.93. The highest BCUT2D eigenvalue weighted by Crippen LogP contribution is 2.32. The van der Waals surface area contributed by atoms with E-state index in [1.807, 2.05) is 27.7 Å². The number of likely N-dealkylation sites (N-methyl/N-ethyl adjacent to an activating group) is 1. The van der Waals surface area contributed by atoms with Crippen LogP contribution in [-0.2, 0) is 4.79 Å². The zero-order valence-corrected chi connectivity index (χ0v) is 21.7. The first-order valence-electron chi connectivity index (χ1n) is 11.6. The molecule has 0 unspecified atom stereocenters. The summed E-state index contributed by atoms with van der Waals surface area (Å²) in [6.07, 6.45) is 3.97. The van der Waals surface area contributed by atoms with Crippen molar-refractivity contribution in [2.75, 3.05) is 32.3 Å². The van der Waals surface area contributed by atoms with Crippen LogP contribution in [0.2, 0.25) is 0 Å². The van der Waals surface area contributed by atoms with Crippen LogP contribution in [0.5, 0.6) is 5.88 Å². The molecule has 0 fully saturated rings. The Balaban J connectivity index is 2.30. The third kappa shape index (κ3) is 4.81. The number of amides is 1. The summed E-state index contributed by atoms with van der Waals surface area (Å²) in [5.74, 6) is -0.169. The smallest absolute Gasteiger partial charge is 0.263 e. The van der Waals surface area contributed by atoms with Crippen molar-refractivity contribution in [2.24, 2.45) is 5.10 Å². The van der Waals surface area contributed by atoms with E-state index >= 15 is 4.39 Å². The normalized spacial score (nSPS) is 11.8. The first-order valence-corrected chi connectivity index (χ1v) is 11.6. The van der Waals surface area contributed by atoms with Crippen molar-refractivity contribution in [3.8, 4) is 11.6 Å². The summed E-state index contributed by atoms with van der Waals surface area (Å²) in [7, 11) is 3.04. The van der Waals surface area contributed by atoms with E-state index in [-0.39, 0.29) is 28.4 Å². The van der Waals surface area contributed by atoms with Crippen LogP contribution in [0.25, 0.3) is 16.5 Å². The van der Waals surface area contributed by atoms with Gasteiger partial charge >= 0.3 is 0 Å². The van der Waals surface area contributed by atoms with Gasteiger partial charge in [0.2, 0.25) is 12.3 Å². The summed E-state index contributed by atoms with van der Waals surface area (Å²) in [5.41, 5.74) is 2.69. The van der Waals surface area contributed by atoms with Crippen molar-refractivity contribution in [2.45, 2.75) is 40.5 Å². The topological polar surface area (TPSA) is 100 Å². The fraction of sp³-hybridized carbons (Fsp3) is 0.385. The summed E-state index contributed by atoms with van der Waals surface area (Å²) in [6, 6.07) is 2.79. The van der Waals surface area contributed by atoms with Crippen molar-refractivity contribution < 1.29 is 19.0 Å². The molecule has 1 aromatic carbocycles. The van der Waals surface area contributed by atoms with Gasteiger partial charge in [0.15, 0.2) is 5.84 Å². The molecule has 0 spiro atoms. The number of amidine groups is 1. The molecule has 10 heteroatoms. The Morgan fingerprint density at radius 1 is 1.31 bits per heavy atom. The summed E-state index contributed by atoms with van der Waals surface area (Å²) in [6.45, 7) is 9.21. The molecule has 0 aliphatic heterocycles. The molecule has 2 aromatic heterocycles. The van der Waals surface area contributed by atoms with E-state index in [4.69, 9.17) is 4.74 Å². The monoisotopic (exact) mass is 497 g/mol. The van der Waals surface area contributed by atoms with Crippen LogP contribution >= 0.6 is 0 Å². The van der Waals surface area contributed by atoms with Gasteiger partial charge < -0.3 is 9.84 Å².